The Labute approximate surface area is 103 Å². The molecule has 0 bridgehead atoms. The lowest BCUT2D eigenvalue weighted by atomic mass is 10.1. The van der Waals surface area contributed by atoms with Crippen molar-refractivity contribution in [2.75, 3.05) is 25.0 Å². The average Bonchev–Trinajstić information content (AvgIpc) is 2.81. The van der Waals surface area contributed by atoms with Gasteiger partial charge in [0.1, 0.15) is 0 Å². The first-order valence-electron chi connectivity index (χ1n) is 5.94. The van der Waals surface area contributed by atoms with Gasteiger partial charge in [-0.15, -0.1) is 0 Å². The first kappa shape index (κ1) is 11.7. The first-order valence-corrected chi connectivity index (χ1v) is 6.32. The Hall–Kier alpha value is -0.730. The van der Waals surface area contributed by atoms with E-state index in [4.69, 9.17) is 11.6 Å². The number of rotatable bonds is 3. The summed E-state index contributed by atoms with van der Waals surface area (Å²) in [4.78, 5) is 2.40. The van der Waals surface area contributed by atoms with E-state index in [1.807, 2.05) is 7.05 Å². The first-order chi connectivity index (χ1) is 7.72. The van der Waals surface area contributed by atoms with E-state index in [0.29, 0.717) is 6.04 Å². The Balaban J connectivity index is 2.21. The highest BCUT2D eigenvalue weighted by Crippen LogP contribution is 2.29. The van der Waals surface area contributed by atoms with Crippen LogP contribution in [-0.4, -0.2) is 20.1 Å². The second-order valence-corrected chi connectivity index (χ2v) is 4.82. The van der Waals surface area contributed by atoms with Crippen LogP contribution >= 0.6 is 11.6 Å². The molecule has 1 aromatic rings. The molecule has 3 heteroatoms. The number of nitrogens with zero attached hydrogens (tertiary/aromatic N) is 1. The van der Waals surface area contributed by atoms with Crippen molar-refractivity contribution in [3.8, 4) is 0 Å². The molecular weight excluding hydrogens is 220 g/mol. The van der Waals surface area contributed by atoms with Crippen molar-refractivity contribution < 1.29 is 0 Å². The standard InChI is InChI=1S/C13H19ClN2/c1-10(15-2)12-6-5-11(9-13(12)14)16-7-3-4-8-16/h5-6,9-10,15H,3-4,7-8H2,1-2H3. The molecule has 1 saturated heterocycles. The van der Waals surface area contributed by atoms with Crippen molar-refractivity contribution in [2.45, 2.75) is 25.8 Å². The summed E-state index contributed by atoms with van der Waals surface area (Å²) < 4.78 is 0. The molecule has 2 nitrogen and oxygen atoms in total. The Kier molecular flexibility index (Phi) is 3.72. The van der Waals surface area contributed by atoms with Crippen LogP contribution in [0, 0.1) is 0 Å². The largest absolute Gasteiger partial charge is 0.371 e. The van der Waals surface area contributed by atoms with Gasteiger partial charge in [-0.3, -0.25) is 0 Å². The van der Waals surface area contributed by atoms with Gasteiger partial charge in [0.05, 0.1) is 0 Å². The third-order valence-corrected chi connectivity index (χ3v) is 3.68. The normalized spacial score (nSPS) is 17.8. The summed E-state index contributed by atoms with van der Waals surface area (Å²) in [5.41, 5.74) is 2.43. The molecule has 1 aliphatic rings. The highest BCUT2D eigenvalue weighted by atomic mass is 35.5. The van der Waals surface area contributed by atoms with Crippen LogP contribution < -0.4 is 10.2 Å². The second-order valence-electron chi connectivity index (χ2n) is 4.41. The number of halogens is 1. The van der Waals surface area contributed by atoms with Crippen LogP contribution in [-0.2, 0) is 0 Å². The second kappa shape index (κ2) is 5.07. The molecule has 0 saturated carbocycles. The Morgan fingerprint density at radius 2 is 2.00 bits per heavy atom. The summed E-state index contributed by atoms with van der Waals surface area (Å²) in [7, 11) is 1.95. The number of anilines is 1. The van der Waals surface area contributed by atoms with Gasteiger partial charge in [0.15, 0.2) is 0 Å². The summed E-state index contributed by atoms with van der Waals surface area (Å²) >= 11 is 6.31. The van der Waals surface area contributed by atoms with Crippen LogP contribution in [0.1, 0.15) is 31.4 Å². The summed E-state index contributed by atoms with van der Waals surface area (Å²) in [6, 6.07) is 6.72. The topological polar surface area (TPSA) is 15.3 Å². The zero-order chi connectivity index (χ0) is 11.5. The molecule has 0 radical (unpaired) electrons. The molecule has 1 fully saturated rings. The van der Waals surface area contributed by atoms with E-state index < -0.39 is 0 Å². The fourth-order valence-corrected chi connectivity index (χ4v) is 2.53. The predicted molar refractivity (Wildman–Crippen MR) is 70.4 cm³/mol. The van der Waals surface area contributed by atoms with E-state index in [1.54, 1.807) is 0 Å². The lowest BCUT2D eigenvalue weighted by molar-refractivity contribution is 0.652. The molecule has 2 rings (SSSR count). The molecule has 0 spiro atoms. The van der Waals surface area contributed by atoms with Crippen molar-refractivity contribution in [1.82, 2.24) is 5.32 Å². The van der Waals surface area contributed by atoms with Gasteiger partial charge in [0.2, 0.25) is 0 Å². The maximum absolute atomic E-state index is 6.31. The SMILES string of the molecule is CNC(C)c1ccc(N2CCCC2)cc1Cl. The van der Waals surface area contributed by atoms with Crippen molar-refractivity contribution in [3.05, 3.63) is 28.8 Å². The molecule has 0 aliphatic carbocycles. The molecular formula is C13H19ClN2. The number of nitrogens with one attached hydrogen (secondary N) is 1. The van der Waals surface area contributed by atoms with Crippen molar-refractivity contribution in [1.29, 1.82) is 0 Å². The lowest BCUT2D eigenvalue weighted by Crippen LogP contribution is -2.18. The van der Waals surface area contributed by atoms with Crippen LogP contribution in [0.2, 0.25) is 5.02 Å². The number of hydrogen-bond donors (Lipinski definition) is 1. The van der Waals surface area contributed by atoms with E-state index in [-0.39, 0.29) is 0 Å². The molecule has 16 heavy (non-hydrogen) atoms. The summed E-state index contributed by atoms with van der Waals surface area (Å²) in [5.74, 6) is 0. The van der Waals surface area contributed by atoms with E-state index in [9.17, 15) is 0 Å². The molecule has 1 atom stereocenters. The predicted octanol–water partition coefficient (Wildman–Crippen LogP) is 3.22. The average molecular weight is 239 g/mol. The lowest BCUT2D eigenvalue weighted by Gasteiger charge is -2.20. The molecule has 1 aliphatic heterocycles. The summed E-state index contributed by atoms with van der Waals surface area (Å²) in [5, 5.41) is 4.08. The van der Waals surface area contributed by atoms with Crippen LogP contribution in [0.4, 0.5) is 5.69 Å². The third kappa shape index (κ3) is 2.33. The minimum atomic E-state index is 0.306. The van der Waals surface area contributed by atoms with Crippen LogP contribution in [0.15, 0.2) is 18.2 Å². The molecule has 1 aromatic carbocycles. The van der Waals surface area contributed by atoms with E-state index in [0.717, 1.165) is 18.1 Å². The highest BCUT2D eigenvalue weighted by molar-refractivity contribution is 6.31. The molecule has 1 heterocycles. The minimum Gasteiger partial charge on any atom is -0.371 e. The molecule has 88 valence electrons. The van der Waals surface area contributed by atoms with Gasteiger partial charge in [0.25, 0.3) is 0 Å². The van der Waals surface area contributed by atoms with Gasteiger partial charge in [-0.2, -0.15) is 0 Å². The van der Waals surface area contributed by atoms with Gasteiger partial charge in [-0.05, 0) is 44.5 Å². The van der Waals surface area contributed by atoms with E-state index >= 15 is 0 Å². The van der Waals surface area contributed by atoms with Gasteiger partial charge >= 0.3 is 0 Å². The van der Waals surface area contributed by atoms with Gasteiger partial charge in [-0.25, -0.2) is 0 Å². The quantitative estimate of drug-likeness (QED) is 0.870. The van der Waals surface area contributed by atoms with Gasteiger partial charge < -0.3 is 10.2 Å². The van der Waals surface area contributed by atoms with Crippen molar-refractivity contribution in [2.24, 2.45) is 0 Å². The molecule has 1 N–H and O–H groups in total. The van der Waals surface area contributed by atoms with Crippen LogP contribution in [0.3, 0.4) is 0 Å². The van der Waals surface area contributed by atoms with Crippen LogP contribution in [0.5, 0.6) is 0 Å². The van der Waals surface area contributed by atoms with Gasteiger partial charge in [-0.1, -0.05) is 17.7 Å². The molecule has 1 unspecified atom stereocenters. The van der Waals surface area contributed by atoms with Crippen LogP contribution in [0.25, 0.3) is 0 Å². The van der Waals surface area contributed by atoms with Gasteiger partial charge in [0, 0.05) is 29.8 Å². The maximum Gasteiger partial charge on any atom is 0.0474 e. The summed E-state index contributed by atoms with van der Waals surface area (Å²) in [6.07, 6.45) is 2.60. The van der Waals surface area contributed by atoms with Crippen molar-refractivity contribution >= 4 is 17.3 Å². The smallest absolute Gasteiger partial charge is 0.0474 e. The van der Waals surface area contributed by atoms with Crippen molar-refractivity contribution in [3.63, 3.8) is 0 Å². The number of benzene rings is 1. The van der Waals surface area contributed by atoms with E-state index in [2.05, 4.69) is 35.3 Å². The third-order valence-electron chi connectivity index (χ3n) is 3.35. The monoisotopic (exact) mass is 238 g/mol. The zero-order valence-electron chi connectivity index (χ0n) is 9.96. The summed E-state index contributed by atoms with van der Waals surface area (Å²) in [6.45, 7) is 4.45. The highest BCUT2D eigenvalue weighted by Gasteiger charge is 2.14. The number of hydrogen-bond acceptors (Lipinski definition) is 2. The fourth-order valence-electron chi connectivity index (χ4n) is 2.19. The molecule has 0 aromatic heterocycles. The Morgan fingerprint density at radius 3 is 2.56 bits per heavy atom. The fraction of sp³-hybridized carbons (Fsp3) is 0.538. The Morgan fingerprint density at radius 1 is 1.31 bits per heavy atom. The van der Waals surface area contributed by atoms with E-state index in [1.165, 1.54) is 24.1 Å². The zero-order valence-corrected chi connectivity index (χ0v) is 10.7. The maximum atomic E-state index is 6.31. The minimum absolute atomic E-state index is 0.306. The molecule has 0 amide bonds. The Bertz CT molecular complexity index is 359.